The molecule has 0 radical (unpaired) electrons. The minimum atomic E-state index is -0.324. The van der Waals surface area contributed by atoms with Crippen molar-refractivity contribution >= 4 is 27.3 Å². The Hall–Kier alpha value is -0.710. The summed E-state index contributed by atoms with van der Waals surface area (Å²) in [4.78, 5) is 5.75. The summed E-state index contributed by atoms with van der Waals surface area (Å²) in [5.74, 6) is 0. The lowest BCUT2D eigenvalue weighted by Gasteiger charge is -2.16. The second-order valence-electron chi connectivity index (χ2n) is 4.66. The third kappa shape index (κ3) is 2.76. The molecule has 1 aromatic heterocycles. The van der Waals surface area contributed by atoms with Crippen molar-refractivity contribution in [3.05, 3.63) is 39.3 Å². The minimum Gasteiger partial charge on any atom is -0.321 e. The highest BCUT2D eigenvalue weighted by atomic mass is 79.9. The van der Waals surface area contributed by atoms with Gasteiger partial charge >= 0.3 is 0 Å². The first kappa shape index (κ1) is 12.7. The minimum absolute atomic E-state index is 0.324. The van der Waals surface area contributed by atoms with E-state index in [0.717, 1.165) is 25.6 Å². The van der Waals surface area contributed by atoms with Crippen LogP contribution in [-0.2, 0) is 5.54 Å². The Kier molecular flexibility index (Phi) is 3.39. The van der Waals surface area contributed by atoms with E-state index in [2.05, 4.69) is 33.0 Å². The summed E-state index contributed by atoms with van der Waals surface area (Å²) >= 11 is 5.11. The number of hydrogen-bond donors (Lipinski definition) is 1. The van der Waals surface area contributed by atoms with Gasteiger partial charge in [0.15, 0.2) is 0 Å². The lowest BCUT2D eigenvalue weighted by molar-refractivity contribution is 0.562. The lowest BCUT2D eigenvalue weighted by atomic mass is 10.0. The van der Waals surface area contributed by atoms with E-state index in [1.807, 2.05) is 32.9 Å². The predicted octanol–water partition coefficient (Wildman–Crippen LogP) is 4.07. The number of rotatable bonds is 2. The number of aryl methyl sites for hydroxylation is 1. The van der Waals surface area contributed by atoms with Crippen molar-refractivity contribution in [3.8, 4) is 10.6 Å². The Morgan fingerprint density at radius 1 is 1.24 bits per heavy atom. The van der Waals surface area contributed by atoms with E-state index in [0.29, 0.717) is 0 Å². The molecule has 0 aliphatic heterocycles. The number of benzene rings is 1. The Morgan fingerprint density at radius 2 is 1.82 bits per heavy atom. The van der Waals surface area contributed by atoms with Crippen LogP contribution in [0.3, 0.4) is 0 Å². The largest absolute Gasteiger partial charge is 0.321 e. The molecule has 90 valence electrons. The van der Waals surface area contributed by atoms with Crippen LogP contribution in [0.15, 0.2) is 28.7 Å². The molecule has 0 spiro atoms. The molecule has 0 saturated carbocycles. The standard InChI is InChI=1S/C13H15BrN2S/c1-8-11(13(2,3)15)17-12(16-8)9-4-6-10(14)7-5-9/h4-7H,15H2,1-3H3. The van der Waals surface area contributed by atoms with Crippen molar-refractivity contribution in [1.29, 1.82) is 0 Å². The van der Waals surface area contributed by atoms with Crippen LogP contribution in [0.1, 0.15) is 24.4 Å². The van der Waals surface area contributed by atoms with Crippen molar-refractivity contribution in [2.75, 3.05) is 0 Å². The van der Waals surface area contributed by atoms with Gasteiger partial charge < -0.3 is 5.73 Å². The van der Waals surface area contributed by atoms with Crippen LogP contribution >= 0.6 is 27.3 Å². The third-order valence-corrected chi connectivity index (χ3v) is 4.55. The summed E-state index contributed by atoms with van der Waals surface area (Å²) in [7, 11) is 0. The molecule has 2 N–H and O–H groups in total. The van der Waals surface area contributed by atoms with Crippen LogP contribution in [0.5, 0.6) is 0 Å². The number of nitrogens with zero attached hydrogens (tertiary/aromatic N) is 1. The first-order valence-corrected chi connectivity index (χ1v) is 7.01. The van der Waals surface area contributed by atoms with E-state index in [4.69, 9.17) is 5.73 Å². The molecule has 17 heavy (non-hydrogen) atoms. The molecule has 0 aliphatic carbocycles. The van der Waals surface area contributed by atoms with E-state index in [9.17, 15) is 0 Å². The highest BCUT2D eigenvalue weighted by Gasteiger charge is 2.21. The van der Waals surface area contributed by atoms with Crippen LogP contribution in [0.2, 0.25) is 0 Å². The maximum absolute atomic E-state index is 6.14. The molecule has 0 bridgehead atoms. The zero-order valence-electron chi connectivity index (χ0n) is 10.1. The fourth-order valence-electron chi connectivity index (χ4n) is 1.71. The van der Waals surface area contributed by atoms with Crippen molar-refractivity contribution in [3.63, 3.8) is 0 Å². The number of nitrogens with two attached hydrogens (primary N) is 1. The van der Waals surface area contributed by atoms with Gasteiger partial charge in [-0.2, -0.15) is 0 Å². The van der Waals surface area contributed by atoms with Crippen LogP contribution < -0.4 is 5.73 Å². The van der Waals surface area contributed by atoms with Crippen LogP contribution in [-0.4, -0.2) is 4.98 Å². The second kappa shape index (κ2) is 4.52. The molecule has 0 atom stereocenters. The van der Waals surface area contributed by atoms with Crippen LogP contribution in [0.25, 0.3) is 10.6 Å². The molecule has 1 heterocycles. The van der Waals surface area contributed by atoms with Gasteiger partial charge in [0.05, 0.1) is 5.69 Å². The van der Waals surface area contributed by atoms with Crippen LogP contribution in [0.4, 0.5) is 0 Å². The summed E-state index contributed by atoms with van der Waals surface area (Å²) < 4.78 is 1.08. The van der Waals surface area contributed by atoms with Crippen molar-refractivity contribution < 1.29 is 0 Å². The summed E-state index contributed by atoms with van der Waals surface area (Å²) in [5, 5.41) is 1.03. The molecule has 2 nitrogen and oxygen atoms in total. The van der Waals surface area contributed by atoms with Gasteiger partial charge in [0.25, 0.3) is 0 Å². The maximum Gasteiger partial charge on any atom is 0.123 e. The fourth-order valence-corrected chi connectivity index (χ4v) is 3.06. The second-order valence-corrected chi connectivity index (χ2v) is 6.58. The highest BCUT2D eigenvalue weighted by Crippen LogP contribution is 2.33. The summed E-state index contributed by atoms with van der Waals surface area (Å²) in [6.07, 6.45) is 0. The van der Waals surface area contributed by atoms with Gasteiger partial charge in [-0.1, -0.05) is 28.1 Å². The molecule has 0 amide bonds. The van der Waals surface area contributed by atoms with Crippen LogP contribution in [0, 0.1) is 6.92 Å². The average Bonchev–Trinajstić information content (AvgIpc) is 2.61. The zero-order chi connectivity index (χ0) is 12.6. The van der Waals surface area contributed by atoms with Gasteiger partial charge in [0.1, 0.15) is 5.01 Å². The van der Waals surface area contributed by atoms with Gasteiger partial charge in [-0.3, -0.25) is 0 Å². The molecule has 1 aromatic carbocycles. The van der Waals surface area contributed by atoms with Gasteiger partial charge in [-0.15, -0.1) is 11.3 Å². The Labute approximate surface area is 114 Å². The Balaban J connectivity index is 2.45. The molecule has 0 aliphatic rings. The molecule has 0 saturated heterocycles. The first-order chi connectivity index (χ1) is 7.88. The first-order valence-electron chi connectivity index (χ1n) is 5.40. The molecular formula is C13H15BrN2S. The molecule has 0 unspecified atom stereocenters. The van der Waals surface area contributed by atoms with Gasteiger partial charge in [0, 0.05) is 20.5 Å². The maximum atomic E-state index is 6.14. The van der Waals surface area contributed by atoms with E-state index in [1.54, 1.807) is 11.3 Å². The van der Waals surface area contributed by atoms with Gasteiger partial charge in [-0.25, -0.2) is 4.98 Å². The normalized spacial score (nSPS) is 11.8. The molecule has 2 aromatic rings. The summed E-state index contributed by atoms with van der Waals surface area (Å²) in [5.41, 5.74) is 7.98. The zero-order valence-corrected chi connectivity index (χ0v) is 12.5. The Morgan fingerprint density at radius 3 is 2.29 bits per heavy atom. The number of aromatic nitrogens is 1. The van der Waals surface area contributed by atoms with Crippen molar-refractivity contribution in [1.82, 2.24) is 4.98 Å². The van der Waals surface area contributed by atoms with Gasteiger partial charge in [-0.05, 0) is 32.9 Å². The van der Waals surface area contributed by atoms with Crippen molar-refractivity contribution in [2.45, 2.75) is 26.3 Å². The quantitative estimate of drug-likeness (QED) is 0.908. The van der Waals surface area contributed by atoms with E-state index in [1.165, 1.54) is 0 Å². The van der Waals surface area contributed by atoms with E-state index in [-0.39, 0.29) is 5.54 Å². The third-order valence-electron chi connectivity index (χ3n) is 2.47. The van der Waals surface area contributed by atoms with E-state index >= 15 is 0 Å². The smallest absolute Gasteiger partial charge is 0.123 e. The van der Waals surface area contributed by atoms with Gasteiger partial charge in [0.2, 0.25) is 0 Å². The van der Waals surface area contributed by atoms with Crippen molar-refractivity contribution in [2.24, 2.45) is 5.73 Å². The monoisotopic (exact) mass is 310 g/mol. The predicted molar refractivity (Wildman–Crippen MR) is 77.2 cm³/mol. The molecule has 4 heteroatoms. The molecule has 0 fully saturated rings. The topological polar surface area (TPSA) is 38.9 Å². The number of halogens is 1. The SMILES string of the molecule is Cc1nc(-c2ccc(Br)cc2)sc1C(C)(C)N. The molecule has 2 rings (SSSR count). The Bertz CT molecular complexity index is 523. The summed E-state index contributed by atoms with van der Waals surface area (Å²) in [6, 6.07) is 8.18. The lowest BCUT2D eigenvalue weighted by Crippen LogP contribution is -2.28. The molecular weight excluding hydrogens is 296 g/mol. The van der Waals surface area contributed by atoms with E-state index < -0.39 is 0 Å². The summed E-state index contributed by atoms with van der Waals surface area (Å²) in [6.45, 7) is 6.04. The average molecular weight is 311 g/mol. The number of thiazole rings is 1. The fraction of sp³-hybridized carbons (Fsp3) is 0.308. The number of hydrogen-bond acceptors (Lipinski definition) is 3. The highest BCUT2D eigenvalue weighted by molar-refractivity contribution is 9.10.